The van der Waals surface area contributed by atoms with E-state index >= 15 is 0 Å². The molecule has 2 aromatic heterocycles. The molecule has 0 bridgehead atoms. The Bertz CT molecular complexity index is 688. The van der Waals surface area contributed by atoms with Gasteiger partial charge in [0, 0.05) is 32.0 Å². The van der Waals surface area contributed by atoms with Gasteiger partial charge in [0.25, 0.3) is 11.8 Å². The van der Waals surface area contributed by atoms with E-state index in [1.807, 2.05) is 25.1 Å². The largest absolute Gasteiger partial charge is 0.349 e. The standard InChI is InChI=1S/C17H21N5O2/c1-22(2)10-9-19-16(23)14-6-3-7-15(21-14)17(24)20-12-13-5-4-8-18-11-13/h3-8,11H,9-10,12H2,1-2H3,(H,19,23)(H,20,24). The third-order valence-corrected chi connectivity index (χ3v) is 3.23. The van der Waals surface area contributed by atoms with Crippen molar-refractivity contribution in [2.24, 2.45) is 0 Å². The molecule has 24 heavy (non-hydrogen) atoms. The number of carbonyl (C=O) groups excluding carboxylic acids is 2. The van der Waals surface area contributed by atoms with Gasteiger partial charge in [0.1, 0.15) is 11.4 Å². The van der Waals surface area contributed by atoms with Gasteiger partial charge in [-0.1, -0.05) is 12.1 Å². The maximum absolute atomic E-state index is 12.2. The van der Waals surface area contributed by atoms with Gasteiger partial charge in [0.05, 0.1) is 0 Å². The summed E-state index contributed by atoms with van der Waals surface area (Å²) in [5.74, 6) is -0.624. The second-order valence-electron chi connectivity index (χ2n) is 5.51. The van der Waals surface area contributed by atoms with Crippen LogP contribution in [0.1, 0.15) is 26.5 Å². The van der Waals surface area contributed by atoms with E-state index in [1.165, 1.54) is 0 Å². The van der Waals surface area contributed by atoms with Crippen molar-refractivity contribution in [1.82, 2.24) is 25.5 Å². The van der Waals surface area contributed by atoms with Gasteiger partial charge in [0.2, 0.25) is 0 Å². The Hall–Kier alpha value is -2.80. The van der Waals surface area contributed by atoms with Crippen LogP contribution in [0.25, 0.3) is 0 Å². The highest BCUT2D eigenvalue weighted by molar-refractivity contribution is 5.96. The normalized spacial score (nSPS) is 10.5. The average molecular weight is 327 g/mol. The molecule has 0 aliphatic rings. The summed E-state index contributed by atoms with van der Waals surface area (Å²) in [6.45, 7) is 1.61. The summed E-state index contributed by atoms with van der Waals surface area (Å²) in [6.07, 6.45) is 3.35. The van der Waals surface area contributed by atoms with Gasteiger partial charge < -0.3 is 15.5 Å². The quantitative estimate of drug-likeness (QED) is 0.781. The van der Waals surface area contributed by atoms with E-state index in [0.29, 0.717) is 13.1 Å². The lowest BCUT2D eigenvalue weighted by atomic mass is 10.2. The van der Waals surface area contributed by atoms with Crippen LogP contribution in [0.4, 0.5) is 0 Å². The number of aromatic nitrogens is 2. The van der Waals surface area contributed by atoms with E-state index in [9.17, 15) is 9.59 Å². The minimum absolute atomic E-state index is 0.208. The van der Waals surface area contributed by atoms with Gasteiger partial charge in [-0.05, 0) is 37.9 Å². The lowest BCUT2D eigenvalue weighted by molar-refractivity contribution is 0.0941. The molecule has 0 saturated heterocycles. The lowest BCUT2D eigenvalue weighted by Crippen LogP contribution is -2.32. The highest BCUT2D eigenvalue weighted by atomic mass is 16.2. The summed E-state index contributed by atoms with van der Waals surface area (Å²) in [7, 11) is 3.86. The van der Waals surface area contributed by atoms with Crippen LogP contribution in [0.5, 0.6) is 0 Å². The minimum atomic E-state index is -0.332. The van der Waals surface area contributed by atoms with Crippen molar-refractivity contribution < 1.29 is 9.59 Å². The van der Waals surface area contributed by atoms with Crippen molar-refractivity contribution in [3.05, 3.63) is 59.7 Å². The van der Waals surface area contributed by atoms with Crippen molar-refractivity contribution in [2.75, 3.05) is 27.2 Å². The maximum Gasteiger partial charge on any atom is 0.270 e. The zero-order valence-electron chi connectivity index (χ0n) is 13.8. The number of carbonyl (C=O) groups is 2. The molecule has 2 rings (SSSR count). The fourth-order valence-corrected chi connectivity index (χ4v) is 1.95. The van der Waals surface area contributed by atoms with Gasteiger partial charge >= 0.3 is 0 Å². The molecule has 0 aromatic carbocycles. The van der Waals surface area contributed by atoms with Crippen molar-refractivity contribution in [3.8, 4) is 0 Å². The SMILES string of the molecule is CN(C)CCNC(=O)c1cccc(C(=O)NCc2cccnc2)n1. The number of amides is 2. The van der Waals surface area contributed by atoms with Gasteiger partial charge in [0.15, 0.2) is 0 Å². The molecule has 0 unspecified atom stereocenters. The monoisotopic (exact) mass is 327 g/mol. The molecule has 0 saturated carbocycles. The first kappa shape index (κ1) is 17.6. The molecule has 2 amide bonds. The van der Waals surface area contributed by atoms with Gasteiger partial charge in [-0.15, -0.1) is 0 Å². The fourth-order valence-electron chi connectivity index (χ4n) is 1.95. The van der Waals surface area contributed by atoms with E-state index in [1.54, 1.807) is 36.7 Å². The predicted molar refractivity (Wildman–Crippen MR) is 90.5 cm³/mol. The van der Waals surface area contributed by atoms with E-state index in [2.05, 4.69) is 20.6 Å². The summed E-state index contributed by atoms with van der Waals surface area (Å²) in [6, 6.07) is 8.48. The maximum atomic E-state index is 12.2. The van der Waals surface area contributed by atoms with Crippen LogP contribution in [0.3, 0.4) is 0 Å². The molecule has 0 radical (unpaired) electrons. The number of hydrogen-bond donors (Lipinski definition) is 2. The Labute approximate surface area is 141 Å². The second-order valence-corrected chi connectivity index (χ2v) is 5.51. The van der Waals surface area contributed by atoms with Crippen molar-refractivity contribution in [3.63, 3.8) is 0 Å². The summed E-state index contributed by atoms with van der Waals surface area (Å²) in [5, 5.41) is 5.53. The van der Waals surface area contributed by atoms with Crippen LogP contribution in [0.2, 0.25) is 0 Å². The first-order valence-corrected chi connectivity index (χ1v) is 7.63. The molecule has 2 N–H and O–H groups in total. The summed E-state index contributed by atoms with van der Waals surface area (Å²) in [5.41, 5.74) is 1.32. The molecule has 7 nitrogen and oxygen atoms in total. The van der Waals surface area contributed by atoms with Crippen molar-refractivity contribution in [2.45, 2.75) is 6.54 Å². The molecule has 2 heterocycles. The number of likely N-dealkylation sites (N-methyl/N-ethyl adjacent to an activating group) is 1. The van der Waals surface area contributed by atoms with Gasteiger partial charge in [-0.2, -0.15) is 0 Å². The minimum Gasteiger partial charge on any atom is -0.349 e. The molecule has 126 valence electrons. The number of pyridine rings is 2. The van der Waals surface area contributed by atoms with Crippen LogP contribution >= 0.6 is 0 Å². The first-order chi connectivity index (χ1) is 11.6. The van der Waals surface area contributed by atoms with Crippen molar-refractivity contribution >= 4 is 11.8 Å². The van der Waals surface area contributed by atoms with E-state index in [-0.39, 0.29) is 23.2 Å². The molecule has 0 aliphatic carbocycles. The highest BCUT2D eigenvalue weighted by Crippen LogP contribution is 2.01. The predicted octanol–water partition coefficient (Wildman–Crippen LogP) is 0.698. The van der Waals surface area contributed by atoms with E-state index in [0.717, 1.165) is 12.1 Å². The van der Waals surface area contributed by atoms with Crippen LogP contribution in [0.15, 0.2) is 42.7 Å². The van der Waals surface area contributed by atoms with Gasteiger partial charge in [-0.25, -0.2) is 4.98 Å². The third kappa shape index (κ3) is 5.44. The van der Waals surface area contributed by atoms with Crippen LogP contribution < -0.4 is 10.6 Å². The molecule has 7 heteroatoms. The Morgan fingerprint density at radius 3 is 2.38 bits per heavy atom. The first-order valence-electron chi connectivity index (χ1n) is 7.63. The number of hydrogen-bond acceptors (Lipinski definition) is 5. The molecule has 0 spiro atoms. The number of nitrogens with zero attached hydrogens (tertiary/aromatic N) is 3. The summed E-state index contributed by atoms with van der Waals surface area (Å²) in [4.78, 5) is 34.3. The second kappa shape index (κ2) is 8.73. The number of rotatable bonds is 7. The van der Waals surface area contributed by atoms with Gasteiger partial charge in [-0.3, -0.25) is 14.6 Å². The third-order valence-electron chi connectivity index (χ3n) is 3.23. The summed E-state index contributed by atoms with van der Waals surface area (Å²) >= 11 is 0. The molecule has 0 atom stereocenters. The Balaban J connectivity index is 1.93. The Kier molecular flexibility index (Phi) is 6.39. The van der Waals surface area contributed by atoms with Crippen LogP contribution in [-0.2, 0) is 6.54 Å². The van der Waals surface area contributed by atoms with Crippen LogP contribution in [-0.4, -0.2) is 53.9 Å². The Morgan fingerprint density at radius 2 is 1.75 bits per heavy atom. The number of nitrogens with one attached hydrogen (secondary N) is 2. The lowest BCUT2D eigenvalue weighted by Gasteiger charge is -2.10. The summed E-state index contributed by atoms with van der Waals surface area (Å²) < 4.78 is 0. The van der Waals surface area contributed by atoms with Crippen molar-refractivity contribution in [1.29, 1.82) is 0 Å². The topological polar surface area (TPSA) is 87.2 Å². The molecular weight excluding hydrogens is 306 g/mol. The molecular formula is C17H21N5O2. The zero-order valence-corrected chi connectivity index (χ0v) is 13.8. The van der Waals surface area contributed by atoms with E-state index in [4.69, 9.17) is 0 Å². The molecule has 0 fully saturated rings. The average Bonchev–Trinajstić information content (AvgIpc) is 2.60. The fraction of sp³-hybridized carbons (Fsp3) is 0.294. The highest BCUT2D eigenvalue weighted by Gasteiger charge is 2.12. The smallest absolute Gasteiger partial charge is 0.270 e. The molecule has 2 aromatic rings. The van der Waals surface area contributed by atoms with Crippen LogP contribution in [0, 0.1) is 0 Å². The van der Waals surface area contributed by atoms with E-state index < -0.39 is 0 Å². The Morgan fingerprint density at radius 1 is 1.04 bits per heavy atom. The molecule has 0 aliphatic heterocycles. The zero-order chi connectivity index (χ0) is 17.4.